The molecule has 0 N–H and O–H groups in total. The summed E-state index contributed by atoms with van der Waals surface area (Å²) in [5.74, 6) is 1.18. The van der Waals surface area contributed by atoms with Crippen molar-refractivity contribution in [3.8, 4) is 0 Å². The van der Waals surface area contributed by atoms with Crippen molar-refractivity contribution < 1.29 is 13.6 Å². The molecule has 21 heavy (non-hydrogen) atoms. The highest BCUT2D eigenvalue weighted by Gasteiger charge is 2.27. The van der Waals surface area contributed by atoms with Crippen LogP contribution in [0.15, 0.2) is 6.07 Å². The second kappa shape index (κ2) is 7.54. The topological polar surface area (TPSA) is 64.5 Å². The average molecular weight is 334 g/mol. The van der Waals surface area contributed by atoms with Gasteiger partial charge in [-0.05, 0) is 26.7 Å². The third kappa shape index (κ3) is 4.65. The van der Waals surface area contributed by atoms with Crippen molar-refractivity contribution >= 4 is 25.0 Å². The average Bonchev–Trinajstić information content (AvgIpc) is 2.91. The van der Waals surface area contributed by atoms with Crippen LogP contribution in [0.4, 0.5) is 5.82 Å². The van der Waals surface area contributed by atoms with Gasteiger partial charge in [0.25, 0.3) is 0 Å². The van der Waals surface area contributed by atoms with Gasteiger partial charge >= 0.3 is 7.60 Å². The standard InChI is InChI=1S/C13H21ClN3O3P/c1-3-19-21(18,20-4-2)10-12-15-11(14)9-13(16-12)17-7-5-6-8-17/h9H,3-8,10H2,1-2H3. The van der Waals surface area contributed by atoms with E-state index < -0.39 is 7.60 Å². The molecule has 0 amide bonds. The van der Waals surface area contributed by atoms with Crippen LogP contribution in [0.5, 0.6) is 0 Å². The van der Waals surface area contributed by atoms with E-state index in [2.05, 4.69) is 14.9 Å². The summed E-state index contributed by atoms with van der Waals surface area (Å²) in [5, 5.41) is 0.349. The number of nitrogens with zero attached hydrogens (tertiary/aromatic N) is 3. The molecule has 1 fully saturated rings. The van der Waals surface area contributed by atoms with Crippen LogP contribution in [0.3, 0.4) is 0 Å². The molecular weight excluding hydrogens is 313 g/mol. The van der Waals surface area contributed by atoms with E-state index in [-0.39, 0.29) is 6.16 Å². The molecule has 0 spiro atoms. The Bertz CT molecular complexity index is 513. The smallest absolute Gasteiger partial charge is 0.338 e. The highest BCUT2D eigenvalue weighted by molar-refractivity contribution is 7.53. The maximum absolute atomic E-state index is 12.5. The lowest BCUT2D eigenvalue weighted by Gasteiger charge is -2.19. The second-order valence-electron chi connectivity index (χ2n) is 4.76. The van der Waals surface area contributed by atoms with E-state index in [0.29, 0.717) is 24.2 Å². The van der Waals surface area contributed by atoms with Gasteiger partial charge in [0.1, 0.15) is 23.0 Å². The third-order valence-corrected chi connectivity index (χ3v) is 5.31. The normalized spacial score (nSPS) is 15.7. The lowest BCUT2D eigenvalue weighted by molar-refractivity contribution is 0.218. The fourth-order valence-electron chi connectivity index (χ4n) is 2.33. The van der Waals surface area contributed by atoms with E-state index in [1.807, 2.05) is 0 Å². The summed E-state index contributed by atoms with van der Waals surface area (Å²) in [4.78, 5) is 10.8. The molecule has 0 saturated carbocycles. The summed E-state index contributed by atoms with van der Waals surface area (Å²) in [7, 11) is -3.21. The maximum Gasteiger partial charge on any atom is 0.338 e. The van der Waals surface area contributed by atoms with Crippen LogP contribution in [0.1, 0.15) is 32.5 Å². The summed E-state index contributed by atoms with van der Waals surface area (Å²) in [6.07, 6.45) is 2.33. The van der Waals surface area contributed by atoms with Crippen LogP contribution in [0.2, 0.25) is 5.15 Å². The van der Waals surface area contributed by atoms with E-state index in [1.54, 1.807) is 19.9 Å². The quantitative estimate of drug-likeness (QED) is 0.562. The molecule has 0 atom stereocenters. The van der Waals surface area contributed by atoms with Crippen LogP contribution in [-0.4, -0.2) is 36.3 Å². The van der Waals surface area contributed by atoms with Gasteiger partial charge in [-0.15, -0.1) is 0 Å². The van der Waals surface area contributed by atoms with Crippen molar-refractivity contribution in [2.75, 3.05) is 31.2 Å². The molecule has 0 unspecified atom stereocenters. The van der Waals surface area contributed by atoms with Gasteiger partial charge in [0.2, 0.25) is 0 Å². The van der Waals surface area contributed by atoms with Gasteiger partial charge < -0.3 is 13.9 Å². The van der Waals surface area contributed by atoms with Gasteiger partial charge in [0.05, 0.1) is 13.2 Å². The van der Waals surface area contributed by atoms with E-state index in [4.69, 9.17) is 20.6 Å². The second-order valence-corrected chi connectivity index (χ2v) is 7.21. The molecule has 6 nitrogen and oxygen atoms in total. The molecule has 8 heteroatoms. The minimum atomic E-state index is -3.21. The zero-order chi connectivity index (χ0) is 15.3. The molecule has 0 aromatic carbocycles. The zero-order valence-corrected chi connectivity index (χ0v) is 14.1. The number of aromatic nitrogens is 2. The van der Waals surface area contributed by atoms with Gasteiger partial charge in [-0.25, -0.2) is 9.97 Å². The minimum absolute atomic E-state index is 0.0378. The first kappa shape index (κ1) is 16.7. The zero-order valence-electron chi connectivity index (χ0n) is 12.4. The molecule has 118 valence electrons. The first-order valence-electron chi connectivity index (χ1n) is 7.23. The van der Waals surface area contributed by atoms with Crippen LogP contribution >= 0.6 is 19.2 Å². The predicted octanol–water partition coefficient (Wildman–Crippen LogP) is 3.50. The van der Waals surface area contributed by atoms with Crippen LogP contribution < -0.4 is 4.90 Å². The third-order valence-electron chi connectivity index (χ3n) is 3.14. The van der Waals surface area contributed by atoms with Crippen molar-refractivity contribution in [3.63, 3.8) is 0 Å². The molecule has 1 saturated heterocycles. The van der Waals surface area contributed by atoms with Crippen LogP contribution in [-0.2, 0) is 19.8 Å². The lowest BCUT2D eigenvalue weighted by Crippen LogP contribution is -2.20. The summed E-state index contributed by atoms with van der Waals surface area (Å²) in [6, 6.07) is 1.74. The van der Waals surface area contributed by atoms with E-state index in [1.165, 1.54) is 0 Å². The fourth-order valence-corrected chi connectivity index (χ4v) is 4.05. The van der Waals surface area contributed by atoms with Gasteiger partial charge in [-0.3, -0.25) is 4.57 Å². The Morgan fingerprint density at radius 3 is 2.43 bits per heavy atom. The molecule has 1 aromatic heterocycles. The molecule has 0 bridgehead atoms. The molecule has 1 aliphatic heterocycles. The summed E-state index contributed by atoms with van der Waals surface area (Å²) < 4.78 is 23.1. The first-order chi connectivity index (χ1) is 10.1. The highest BCUT2D eigenvalue weighted by Crippen LogP contribution is 2.50. The SMILES string of the molecule is CCOP(=O)(Cc1nc(Cl)cc(N2CCCC2)n1)OCC. The first-order valence-corrected chi connectivity index (χ1v) is 9.33. The maximum atomic E-state index is 12.5. The summed E-state index contributed by atoms with van der Waals surface area (Å²) in [6.45, 7) is 6.11. The highest BCUT2D eigenvalue weighted by atomic mass is 35.5. The number of hydrogen-bond donors (Lipinski definition) is 0. The van der Waals surface area contributed by atoms with Gasteiger partial charge in [-0.1, -0.05) is 11.6 Å². The largest absolute Gasteiger partial charge is 0.356 e. The Balaban J connectivity index is 2.20. The van der Waals surface area contributed by atoms with E-state index >= 15 is 0 Å². The van der Waals surface area contributed by atoms with Crippen LogP contribution in [0, 0.1) is 0 Å². The number of anilines is 1. The van der Waals surface area contributed by atoms with Crippen LogP contribution in [0.25, 0.3) is 0 Å². The summed E-state index contributed by atoms with van der Waals surface area (Å²) in [5.41, 5.74) is 0. The molecule has 2 rings (SSSR count). The molecule has 0 aliphatic carbocycles. The van der Waals surface area contributed by atoms with Crippen molar-refractivity contribution in [2.24, 2.45) is 0 Å². The molecule has 1 aromatic rings. The minimum Gasteiger partial charge on any atom is -0.356 e. The number of rotatable bonds is 7. The van der Waals surface area contributed by atoms with E-state index in [0.717, 1.165) is 31.7 Å². The Kier molecular flexibility index (Phi) is 5.99. The Morgan fingerprint density at radius 1 is 1.24 bits per heavy atom. The van der Waals surface area contributed by atoms with E-state index in [9.17, 15) is 4.57 Å². The molecule has 2 heterocycles. The number of hydrogen-bond acceptors (Lipinski definition) is 6. The van der Waals surface area contributed by atoms with Crippen molar-refractivity contribution in [2.45, 2.75) is 32.9 Å². The van der Waals surface area contributed by atoms with Crippen molar-refractivity contribution in [3.05, 3.63) is 17.0 Å². The lowest BCUT2D eigenvalue weighted by atomic mass is 10.4. The molecular formula is C13H21ClN3O3P. The van der Waals surface area contributed by atoms with Gasteiger partial charge in [0, 0.05) is 19.2 Å². The Hall–Kier alpha value is -0.680. The van der Waals surface area contributed by atoms with Crippen molar-refractivity contribution in [1.29, 1.82) is 0 Å². The fraction of sp³-hybridized carbons (Fsp3) is 0.692. The predicted molar refractivity (Wildman–Crippen MR) is 83.1 cm³/mol. The number of halogens is 1. The monoisotopic (exact) mass is 333 g/mol. The Morgan fingerprint density at radius 2 is 1.86 bits per heavy atom. The molecule has 1 aliphatic rings. The van der Waals surface area contributed by atoms with Gasteiger partial charge in [0.15, 0.2) is 0 Å². The molecule has 0 radical (unpaired) electrons. The Labute approximate surface area is 130 Å². The van der Waals surface area contributed by atoms with Crippen molar-refractivity contribution in [1.82, 2.24) is 9.97 Å². The van der Waals surface area contributed by atoms with Gasteiger partial charge in [-0.2, -0.15) is 0 Å². The summed E-state index contributed by atoms with van der Waals surface area (Å²) >= 11 is 6.06.